The Kier molecular flexibility index (Phi) is 5.81. The lowest BCUT2D eigenvalue weighted by atomic mass is 9.88. The molecule has 0 aliphatic carbocycles. The molecule has 1 amide bonds. The Morgan fingerprint density at radius 1 is 1.27 bits per heavy atom. The molecule has 1 N–H and O–H groups in total. The number of hydrogen-bond donors (Lipinski definition) is 1. The summed E-state index contributed by atoms with van der Waals surface area (Å²) >= 11 is 3.23. The minimum absolute atomic E-state index is 0.0439. The number of halogens is 1. The molecular weight excluding hydrogens is 368 g/mol. The molecule has 1 aromatic carbocycles. The minimum atomic E-state index is -3.61. The van der Waals surface area contributed by atoms with Gasteiger partial charge in [-0.15, -0.1) is 0 Å². The van der Waals surface area contributed by atoms with Crippen LogP contribution in [-0.4, -0.2) is 38.8 Å². The van der Waals surface area contributed by atoms with Gasteiger partial charge in [0.05, 0.1) is 4.90 Å². The highest BCUT2D eigenvalue weighted by molar-refractivity contribution is 9.10. The van der Waals surface area contributed by atoms with Crippen molar-refractivity contribution in [2.75, 3.05) is 14.1 Å². The van der Waals surface area contributed by atoms with Gasteiger partial charge in [-0.05, 0) is 46.5 Å². The Labute approximate surface area is 141 Å². The average molecular weight is 391 g/mol. The van der Waals surface area contributed by atoms with Gasteiger partial charge in [0, 0.05) is 30.2 Å². The number of rotatable bonds is 4. The number of carbonyl (C=O) groups is 1. The Morgan fingerprint density at radius 3 is 2.27 bits per heavy atom. The standard InChI is InChI=1S/C15H23BrN2O3S/c1-10(15(2,3)4)17-14(19)11-7-8-12(16)13(9-11)22(20,21)18(5)6/h7-10H,1-6H3,(H,17,19). The molecule has 124 valence electrons. The molecule has 0 aliphatic heterocycles. The van der Waals surface area contributed by atoms with Gasteiger partial charge >= 0.3 is 0 Å². The van der Waals surface area contributed by atoms with Crippen molar-refractivity contribution in [1.29, 1.82) is 0 Å². The summed E-state index contributed by atoms with van der Waals surface area (Å²) < 4.78 is 26.1. The third-order valence-electron chi connectivity index (χ3n) is 3.60. The molecule has 0 bridgehead atoms. The van der Waals surface area contributed by atoms with E-state index in [9.17, 15) is 13.2 Å². The third kappa shape index (κ3) is 4.30. The van der Waals surface area contributed by atoms with E-state index in [2.05, 4.69) is 21.2 Å². The maximum atomic E-state index is 12.3. The van der Waals surface area contributed by atoms with Crippen molar-refractivity contribution >= 4 is 31.9 Å². The smallest absolute Gasteiger partial charge is 0.251 e. The van der Waals surface area contributed by atoms with Gasteiger partial charge in [0.1, 0.15) is 0 Å². The van der Waals surface area contributed by atoms with Gasteiger partial charge in [0.25, 0.3) is 5.91 Å². The normalized spacial score (nSPS) is 14.0. The highest BCUT2D eigenvalue weighted by Crippen LogP contribution is 2.26. The summed E-state index contributed by atoms with van der Waals surface area (Å²) in [5.41, 5.74) is 0.239. The summed E-state index contributed by atoms with van der Waals surface area (Å²) in [6.07, 6.45) is 0. The molecule has 0 aromatic heterocycles. The summed E-state index contributed by atoms with van der Waals surface area (Å²) in [7, 11) is -0.705. The number of sulfonamides is 1. The summed E-state index contributed by atoms with van der Waals surface area (Å²) in [5.74, 6) is -0.287. The van der Waals surface area contributed by atoms with Crippen molar-refractivity contribution in [3.63, 3.8) is 0 Å². The molecule has 0 saturated carbocycles. The molecule has 0 radical (unpaired) electrons. The van der Waals surface area contributed by atoms with Gasteiger partial charge in [0.2, 0.25) is 10.0 Å². The lowest BCUT2D eigenvalue weighted by Crippen LogP contribution is -2.41. The number of benzene rings is 1. The van der Waals surface area contributed by atoms with Crippen LogP contribution in [0, 0.1) is 5.41 Å². The summed E-state index contributed by atoms with van der Waals surface area (Å²) in [5, 5.41) is 2.90. The van der Waals surface area contributed by atoms with Gasteiger partial charge < -0.3 is 5.32 Å². The molecule has 5 nitrogen and oxygen atoms in total. The van der Waals surface area contributed by atoms with Crippen molar-refractivity contribution in [2.24, 2.45) is 5.41 Å². The fourth-order valence-electron chi connectivity index (χ4n) is 1.54. The summed E-state index contributed by atoms with van der Waals surface area (Å²) in [6, 6.07) is 4.53. The Balaban J connectivity index is 3.17. The second-order valence-electron chi connectivity index (χ2n) is 6.49. The first-order valence-electron chi connectivity index (χ1n) is 6.90. The van der Waals surface area contributed by atoms with Gasteiger partial charge in [0.15, 0.2) is 0 Å². The second kappa shape index (κ2) is 6.68. The highest BCUT2D eigenvalue weighted by Gasteiger charge is 2.25. The zero-order valence-corrected chi connectivity index (χ0v) is 16.2. The molecule has 1 unspecified atom stereocenters. The highest BCUT2D eigenvalue weighted by atomic mass is 79.9. The predicted molar refractivity (Wildman–Crippen MR) is 91.4 cm³/mol. The fourth-order valence-corrected chi connectivity index (χ4v) is 3.38. The van der Waals surface area contributed by atoms with E-state index in [1.54, 1.807) is 12.1 Å². The molecule has 1 rings (SSSR count). The van der Waals surface area contributed by atoms with Gasteiger partial charge in [-0.1, -0.05) is 20.8 Å². The molecule has 1 aromatic rings. The minimum Gasteiger partial charge on any atom is -0.349 e. The SMILES string of the molecule is CC(NC(=O)c1ccc(Br)c(S(=O)(=O)N(C)C)c1)C(C)(C)C. The van der Waals surface area contributed by atoms with Crippen LogP contribution in [0.5, 0.6) is 0 Å². The number of carbonyl (C=O) groups excluding carboxylic acids is 1. The molecule has 0 spiro atoms. The van der Waals surface area contributed by atoms with Crippen molar-refractivity contribution < 1.29 is 13.2 Å². The van der Waals surface area contributed by atoms with E-state index in [4.69, 9.17) is 0 Å². The lowest BCUT2D eigenvalue weighted by Gasteiger charge is -2.28. The Hall–Kier alpha value is -0.920. The number of amides is 1. The number of nitrogens with one attached hydrogen (secondary N) is 1. The van der Waals surface area contributed by atoms with Gasteiger partial charge in [-0.25, -0.2) is 12.7 Å². The molecule has 22 heavy (non-hydrogen) atoms. The van der Waals surface area contributed by atoms with Crippen molar-refractivity contribution in [1.82, 2.24) is 9.62 Å². The Bertz CT molecular complexity index is 664. The first-order chi connectivity index (χ1) is 9.87. The lowest BCUT2D eigenvalue weighted by molar-refractivity contribution is 0.0910. The second-order valence-corrected chi connectivity index (χ2v) is 9.47. The number of nitrogens with zero attached hydrogens (tertiary/aromatic N) is 1. The quantitative estimate of drug-likeness (QED) is 0.859. The molecule has 0 heterocycles. The van der Waals surface area contributed by atoms with Crippen LogP contribution in [-0.2, 0) is 10.0 Å². The van der Waals surface area contributed by atoms with Crippen LogP contribution < -0.4 is 5.32 Å². The third-order valence-corrected chi connectivity index (χ3v) is 6.41. The molecule has 0 fully saturated rings. The van der Waals surface area contributed by atoms with Crippen molar-refractivity contribution in [2.45, 2.75) is 38.6 Å². The van der Waals surface area contributed by atoms with Crippen LogP contribution >= 0.6 is 15.9 Å². The molecule has 0 saturated heterocycles. The van der Waals surface area contributed by atoms with E-state index in [0.717, 1.165) is 4.31 Å². The van der Waals surface area contributed by atoms with E-state index >= 15 is 0 Å². The van der Waals surface area contributed by atoms with E-state index in [1.165, 1.54) is 20.2 Å². The zero-order valence-electron chi connectivity index (χ0n) is 13.8. The van der Waals surface area contributed by atoms with Crippen molar-refractivity contribution in [3.05, 3.63) is 28.2 Å². The van der Waals surface area contributed by atoms with E-state index in [0.29, 0.717) is 10.0 Å². The van der Waals surface area contributed by atoms with Crippen LogP contribution in [0.3, 0.4) is 0 Å². The van der Waals surface area contributed by atoms with Gasteiger partial charge in [-0.3, -0.25) is 4.79 Å². The van der Waals surface area contributed by atoms with E-state index in [-0.39, 0.29) is 22.3 Å². The van der Waals surface area contributed by atoms with Crippen LogP contribution in [0.4, 0.5) is 0 Å². The first-order valence-corrected chi connectivity index (χ1v) is 9.13. The maximum absolute atomic E-state index is 12.3. The topological polar surface area (TPSA) is 66.5 Å². The monoisotopic (exact) mass is 390 g/mol. The predicted octanol–water partition coefficient (Wildman–Crippen LogP) is 2.86. The largest absolute Gasteiger partial charge is 0.349 e. The first kappa shape index (κ1) is 19.1. The zero-order chi connectivity index (χ0) is 17.3. The van der Waals surface area contributed by atoms with Gasteiger partial charge in [-0.2, -0.15) is 0 Å². The van der Waals surface area contributed by atoms with Crippen LogP contribution in [0.15, 0.2) is 27.6 Å². The van der Waals surface area contributed by atoms with Crippen LogP contribution in [0.2, 0.25) is 0 Å². The molecular formula is C15H23BrN2O3S. The van der Waals surface area contributed by atoms with E-state index < -0.39 is 10.0 Å². The van der Waals surface area contributed by atoms with Crippen LogP contribution in [0.25, 0.3) is 0 Å². The fraction of sp³-hybridized carbons (Fsp3) is 0.533. The molecule has 0 aliphatic rings. The Morgan fingerprint density at radius 2 is 1.82 bits per heavy atom. The number of hydrogen-bond acceptors (Lipinski definition) is 3. The van der Waals surface area contributed by atoms with Crippen molar-refractivity contribution in [3.8, 4) is 0 Å². The summed E-state index contributed by atoms with van der Waals surface area (Å²) in [6.45, 7) is 8.01. The summed E-state index contributed by atoms with van der Waals surface area (Å²) in [4.78, 5) is 12.4. The average Bonchev–Trinajstić information content (AvgIpc) is 2.37. The molecule has 1 atom stereocenters. The molecule has 7 heteroatoms. The maximum Gasteiger partial charge on any atom is 0.251 e. The van der Waals surface area contributed by atoms with Crippen LogP contribution in [0.1, 0.15) is 38.1 Å². The van der Waals surface area contributed by atoms with E-state index in [1.807, 2.05) is 27.7 Å².